The normalized spacial score (nSPS) is 27.4. The Hall–Kier alpha value is -1.97. The molecule has 1 saturated carbocycles. The van der Waals surface area contributed by atoms with Gasteiger partial charge in [0.1, 0.15) is 0 Å². The van der Waals surface area contributed by atoms with Gasteiger partial charge in [-0.3, -0.25) is 4.79 Å². The fraction of sp³-hybridized carbons (Fsp3) is 0.667. The van der Waals surface area contributed by atoms with Crippen LogP contribution < -0.4 is 0 Å². The van der Waals surface area contributed by atoms with Crippen LogP contribution in [0.3, 0.4) is 0 Å². The van der Waals surface area contributed by atoms with Crippen molar-refractivity contribution in [3.63, 3.8) is 0 Å². The zero-order chi connectivity index (χ0) is 24.0. The highest BCUT2D eigenvalue weighted by atomic mass is 32.2. The van der Waals surface area contributed by atoms with Gasteiger partial charge in [-0.05, 0) is 54.7 Å². The molecule has 2 heterocycles. The summed E-state index contributed by atoms with van der Waals surface area (Å²) in [5, 5.41) is 0. The van der Waals surface area contributed by atoms with Crippen molar-refractivity contribution >= 4 is 21.9 Å². The van der Waals surface area contributed by atoms with Crippen LogP contribution in [-0.2, 0) is 24.3 Å². The third-order valence-corrected chi connectivity index (χ3v) is 8.99. The lowest BCUT2D eigenvalue weighted by atomic mass is 9.65. The number of fused-ring (bicyclic) bond motifs is 2. The van der Waals surface area contributed by atoms with Crippen molar-refractivity contribution in [2.24, 2.45) is 10.8 Å². The molecule has 4 rings (SSSR count). The second-order valence-corrected chi connectivity index (χ2v) is 12.7. The minimum absolute atomic E-state index is 0.0387. The smallest absolute Gasteiger partial charge is 0.338 e. The predicted molar refractivity (Wildman–Crippen MR) is 122 cm³/mol. The molecule has 0 radical (unpaired) electrons. The minimum atomic E-state index is -3.74. The third kappa shape index (κ3) is 4.95. The van der Waals surface area contributed by atoms with E-state index in [1.54, 1.807) is 13.0 Å². The molecule has 1 aliphatic carbocycles. The van der Waals surface area contributed by atoms with E-state index in [1.807, 2.05) is 4.90 Å². The van der Waals surface area contributed by atoms with Gasteiger partial charge in [0.15, 0.2) is 6.61 Å². The summed E-state index contributed by atoms with van der Waals surface area (Å²) in [4.78, 5) is 27.6. The number of hydrogen-bond acceptors (Lipinski definition) is 6. The largest absolute Gasteiger partial charge is 0.452 e. The molecule has 33 heavy (non-hydrogen) atoms. The number of carbonyl (C=O) groups excluding carboxylic acids is 2. The van der Waals surface area contributed by atoms with E-state index in [2.05, 4.69) is 20.8 Å². The minimum Gasteiger partial charge on any atom is -0.452 e. The third-order valence-electron chi connectivity index (χ3n) is 7.10. The highest BCUT2D eigenvalue weighted by Crippen LogP contribution is 2.52. The number of likely N-dealkylation sites (tertiary alicyclic amines) is 1. The van der Waals surface area contributed by atoms with Gasteiger partial charge in [0.25, 0.3) is 5.91 Å². The molecule has 0 spiro atoms. The molecule has 182 valence electrons. The average molecular weight is 479 g/mol. The van der Waals surface area contributed by atoms with E-state index in [4.69, 9.17) is 9.47 Å². The molecule has 2 bridgehead atoms. The molecule has 0 N–H and O–H groups in total. The monoisotopic (exact) mass is 478 g/mol. The van der Waals surface area contributed by atoms with E-state index in [-0.39, 0.29) is 52.9 Å². The summed E-state index contributed by atoms with van der Waals surface area (Å²) in [6, 6.07) is 4.61. The number of nitrogens with zero attached hydrogens (tertiary/aromatic N) is 2. The van der Waals surface area contributed by atoms with E-state index in [9.17, 15) is 18.0 Å². The molecule has 2 unspecified atom stereocenters. The van der Waals surface area contributed by atoms with Crippen LogP contribution in [0.5, 0.6) is 0 Å². The van der Waals surface area contributed by atoms with E-state index in [0.717, 1.165) is 19.3 Å². The standard InChI is InChI=1S/C24H34N2O6S/c1-17-5-6-19(33(29,30)25-7-9-31-10-8-25)11-20(17)22(28)32-14-21(27)26-16-24(4)13-18(26)12-23(2,3)15-24/h5-6,11,18H,7-10,12-16H2,1-4H3. The van der Waals surface area contributed by atoms with E-state index in [1.165, 1.54) is 16.4 Å². The number of hydrogen-bond donors (Lipinski definition) is 0. The second kappa shape index (κ2) is 8.67. The van der Waals surface area contributed by atoms with E-state index < -0.39 is 16.0 Å². The van der Waals surface area contributed by atoms with Crippen LogP contribution in [0, 0.1) is 17.8 Å². The summed E-state index contributed by atoms with van der Waals surface area (Å²) < 4.78 is 37.9. The van der Waals surface area contributed by atoms with Gasteiger partial charge in [0.2, 0.25) is 10.0 Å². The topological polar surface area (TPSA) is 93.2 Å². The fourth-order valence-corrected chi connectivity index (χ4v) is 7.39. The first-order chi connectivity index (χ1) is 15.4. The van der Waals surface area contributed by atoms with Crippen molar-refractivity contribution in [2.45, 2.75) is 57.9 Å². The van der Waals surface area contributed by atoms with Crippen molar-refractivity contribution in [1.29, 1.82) is 0 Å². The maximum Gasteiger partial charge on any atom is 0.338 e. The molecule has 1 aromatic rings. The van der Waals surface area contributed by atoms with Crippen LogP contribution in [-0.4, -0.2) is 75.0 Å². The summed E-state index contributed by atoms with van der Waals surface area (Å²) in [5.74, 6) is -0.877. The van der Waals surface area contributed by atoms with Gasteiger partial charge >= 0.3 is 5.97 Å². The van der Waals surface area contributed by atoms with Gasteiger partial charge < -0.3 is 14.4 Å². The fourth-order valence-electron chi connectivity index (χ4n) is 5.96. The number of sulfonamides is 1. The summed E-state index contributed by atoms with van der Waals surface area (Å²) in [5.41, 5.74) is 1.04. The lowest BCUT2D eigenvalue weighted by molar-refractivity contribution is -0.135. The number of morpholine rings is 1. The number of aryl methyl sites for hydroxylation is 1. The number of benzene rings is 1. The Morgan fingerprint density at radius 2 is 1.85 bits per heavy atom. The lowest BCUT2D eigenvalue weighted by Gasteiger charge is -2.39. The van der Waals surface area contributed by atoms with Gasteiger partial charge in [-0.15, -0.1) is 0 Å². The number of esters is 1. The molecular weight excluding hydrogens is 444 g/mol. The van der Waals surface area contributed by atoms with Crippen LogP contribution in [0.4, 0.5) is 0 Å². The first kappa shape index (κ1) is 24.2. The Bertz CT molecular complexity index is 1050. The molecule has 3 aliphatic rings. The quantitative estimate of drug-likeness (QED) is 0.604. The maximum atomic E-state index is 13.0. The summed E-state index contributed by atoms with van der Waals surface area (Å²) in [6.45, 7) is 10.0. The van der Waals surface area contributed by atoms with E-state index >= 15 is 0 Å². The van der Waals surface area contributed by atoms with E-state index in [0.29, 0.717) is 25.3 Å². The number of ether oxygens (including phenoxy) is 2. The van der Waals surface area contributed by atoms with Crippen LogP contribution in [0.1, 0.15) is 56.0 Å². The zero-order valence-corrected chi connectivity index (χ0v) is 20.7. The van der Waals surface area contributed by atoms with Gasteiger partial charge in [0, 0.05) is 25.7 Å². The van der Waals surface area contributed by atoms with Crippen LogP contribution in [0.2, 0.25) is 0 Å². The molecule has 2 saturated heterocycles. The molecular formula is C24H34N2O6S. The number of rotatable bonds is 5. The maximum absolute atomic E-state index is 13.0. The van der Waals surface area contributed by atoms with Gasteiger partial charge in [-0.25, -0.2) is 13.2 Å². The van der Waals surface area contributed by atoms with Crippen molar-refractivity contribution in [3.8, 4) is 0 Å². The zero-order valence-electron chi connectivity index (χ0n) is 19.9. The Morgan fingerprint density at radius 1 is 1.15 bits per heavy atom. The second-order valence-electron chi connectivity index (χ2n) is 10.8. The Balaban J connectivity index is 1.44. The van der Waals surface area contributed by atoms with Gasteiger partial charge in [-0.2, -0.15) is 4.31 Å². The summed E-state index contributed by atoms with van der Waals surface area (Å²) in [6.07, 6.45) is 3.00. The summed E-state index contributed by atoms with van der Waals surface area (Å²) in [7, 11) is -3.74. The molecule has 1 aromatic carbocycles. The first-order valence-corrected chi connectivity index (χ1v) is 13.0. The average Bonchev–Trinajstić information content (AvgIpc) is 3.01. The Labute approximate surface area is 196 Å². The van der Waals surface area contributed by atoms with Gasteiger partial charge in [-0.1, -0.05) is 26.8 Å². The van der Waals surface area contributed by atoms with Crippen LogP contribution in [0.25, 0.3) is 0 Å². The number of amides is 1. The number of carbonyl (C=O) groups is 2. The van der Waals surface area contributed by atoms with Crippen molar-refractivity contribution in [2.75, 3.05) is 39.5 Å². The van der Waals surface area contributed by atoms with Crippen molar-refractivity contribution < 1.29 is 27.5 Å². The molecule has 2 atom stereocenters. The van der Waals surface area contributed by atoms with Crippen molar-refractivity contribution in [3.05, 3.63) is 29.3 Å². The molecule has 2 aliphatic heterocycles. The van der Waals surface area contributed by atoms with Crippen LogP contribution >= 0.6 is 0 Å². The van der Waals surface area contributed by atoms with Crippen molar-refractivity contribution in [1.82, 2.24) is 9.21 Å². The molecule has 8 nitrogen and oxygen atoms in total. The highest BCUT2D eigenvalue weighted by Gasteiger charge is 2.51. The summed E-state index contributed by atoms with van der Waals surface area (Å²) >= 11 is 0. The first-order valence-electron chi connectivity index (χ1n) is 11.6. The Morgan fingerprint density at radius 3 is 2.55 bits per heavy atom. The molecule has 9 heteroatoms. The molecule has 3 fully saturated rings. The van der Waals surface area contributed by atoms with Gasteiger partial charge in [0.05, 0.1) is 23.7 Å². The van der Waals surface area contributed by atoms with Crippen LogP contribution in [0.15, 0.2) is 23.1 Å². The molecule has 0 aromatic heterocycles. The SMILES string of the molecule is Cc1ccc(S(=O)(=O)N2CCOCC2)cc1C(=O)OCC(=O)N1CC2(C)CC1CC(C)(C)C2. The molecule has 1 amide bonds. The highest BCUT2D eigenvalue weighted by molar-refractivity contribution is 7.89. The lowest BCUT2D eigenvalue weighted by Crippen LogP contribution is -2.40. The predicted octanol–water partition coefficient (Wildman–Crippen LogP) is 2.60. The Kier molecular flexibility index (Phi) is 6.35.